The van der Waals surface area contributed by atoms with E-state index in [1.807, 2.05) is 36.9 Å². The molecule has 1 aromatic rings. The van der Waals surface area contributed by atoms with Gasteiger partial charge >= 0.3 is 0 Å². The minimum absolute atomic E-state index is 0.0968. The molecule has 0 saturated carbocycles. The van der Waals surface area contributed by atoms with E-state index in [0.29, 0.717) is 26.1 Å². The molecule has 3 heterocycles. The fraction of sp³-hybridized carbons (Fsp3) is 0.737. The molecule has 27 heavy (non-hydrogen) atoms. The average Bonchev–Trinajstić information content (AvgIpc) is 3.08. The predicted molar refractivity (Wildman–Crippen MR) is 102 cm³/mol. The Hall–Kier alpha value is -1.93. The number of carbonyl (C=O) groups is 2. The highest BCUT2D eigenvalue weighted by atomic mass is 16.5. The Bertz CT molecular complexity index is 652. The zero-order chi connectivity index (χ0) is 19.4. The number of rotatable bonds is 6. The number of piperazine rings is 1. The van der Waals surface area contributed by atoms with Gasteiger partial charge in [-0.3, -0.25) is 19.2 Å². The van der Waals surface area contributed by atoms with Crippen LogP contribution in [0.4, 0.5) is 5.69 Å². The molecule has 3 rings (SSSR count). The molecule has 0 radical (unpaired) electrons. The summed E-state index contributed by atoms with van der Waals surface area (Å²) in [5, 5.41) is 4.18. The van der Waals surface area contributed by atoms with Gasteiger partial charge in [0.2, 0.25) is 11.8 Å². The molecule has 150 valence electrons. The summed E-state index contributed by atoms with van der Waals surface area (Å²) in [6, 6.07) is -0.0968. The van der Waals surface area contributed by atoms with E-state index in [1.165, 1.54) is 0 Å². The van der Waals surface area contributed by atoms with E-state index >= 15 is 0 Å². The SMILES string of the molecule is CC(C)OCCC(=O)N1CCN([C@@H]2CCCN(c3cnn(C)c3)C2=O)CC1. The van der Waals surface area contributed by atoms with Crippen molar-refractivity contribution in [1.82, 2.24) is 19.6 Å². The average molecular weight is 377 g/mol. The van der Waals surface area contributed by atoms with Crippen LogP contribution in [0.5, 0.6) is 0 Å². The highest BCUT2D eigenvalue weighted by Gasteiger charge is 2.36. The molecule has 8 heteroatoms. The number of carbonyl (C=O) groups excluding carboxylic acids is 2. The molecular formula is C19H31N5O3. The molecule has 0 bridgehead atoms. The number of hydrogen-bond donors (Lipinski definition) is 0. The Morgan fingerprint density at radius 3 is 2.63 bits per heavy atom. The summed E-state index contributed by atoms with van der Waals surface area (Å²) in [7, 11) is 1.86. The third-order valence-corrected chi connectivity index (χ3v) is 5.29. The van der Waals surface area contributed by atoms with Crippen molar-refractivity contribution in [2.75, 3.05) is 44.2 Å². The molecule has 2 saturated heterocycles. The highest BCUT2D eigenvalue weighted by Crippen LogP contribution is 2.24. The van der Waals surface area contributed by atoms with Gasteiger partial charge in [0, 0.05) is 46.0 Å². The number of aromatic nitrogens is 2. The minimum Gasteiger partial charge on any atom is -0.378 e. The van der Waals surface area contributed by atoms with Crippen molar-refractivity contribution < 1.29 is 14.3 Å². The van der Waals surface area contributed by atoms with Crippen LogP contribution in [-0.2, 0) is 21.4 Å². The number of hydrogen-bond acceptors (Lipinski definition) is 5. The van der Waals surface area contributed by atoms with Gasteiger partial charge in [-0.1, -0.05) is 0 Å². The number of ether oxygens (including phenoxy) is 1. The second-order valence-electron chi connectivity index (χ2n) is 7.61. The second-order valence-corrected chi connectivity index (χ2v) is 7.61. The summed E-state index contributed by atoms with van der Waals surface area (Å²) in [5.74, 6) is 0.293. The smallest absolute Gasteiger partial charge is 0.244 e. The van der Waals surface area contributed by atoms with Crippen LogP contribution in [0.15, 0.2) is 12.4 Å². The molecule has 2 aliphatic rings. The van der Waals surface area contributed by atoms with Crippen LogP contribution >= 0.6 is 0 Å². The van der Waals surface area contributed by atoms with Gasteiger partial charge in [0.25, 0.3) is 0 Å². The van der Waals surface area contributed by atoms with Gasteiger partial charge in [-0.15, -0.1) is 0 Å². The van der Waals surface area contributed by atoms with E-state index in [4.69, 9.17) is 4.74 Å². The standard InChI is InChI=1S/C19H31N5O3/c1-15(2)27-12-6-18(25)23-10-8-22(9-11-23)17-5-4-7-24(19(17)26)16-13-20-21(3)14-16/h13-15,17H,4-12H2,1-3H3/t17-/m1/s1. The first kappa shape index (κ1) is 19.8. The van der Waals surface area contributed by atoms with Crippen molar-refractivity contribution in [3.05, 3.63) is 12.4 Å². The summed E-state index contributed by atoms with van der Waals surface area (Å²) in [4.78, 5) is 31.3. The lowest BCUT2D eigenvalue weighted by atomic mass is 10.0. The van der Waals surface area contributed by atoms with E-state index in [9.17, 15) is 9.59 Å². The van der Waals surface area contributed by atoms with Crippen LogP contribution in [0.2, 0.25) is 0 Å². The maximum Gasteiger partial charge on any atom is 0.244 e. The van der Waals surface area contributed by atoms with Crippen molar-refractivity contribution in [1.29, 1.82) is 0 Å². The third-order valence-electron chi connectivity index (χ3n) is 5.29. The summed E-state index contributed by atoms with van der Waals surface area (Å²) in [6.45, 7) is 8.00. The quantitative estimate of drug-likeness (QED) is 0.736. The molecule has 0 N–H and O–H groups in total. The lowest BCUT2D eigenvalue weighted by molar-refractivity contribution is -0.135. The van der Waals surface area contributed by atoms with Crippen LogP contribution in [0.1, 0.15) is 33.1 Å². The summed E-state index contributed by atoms with van der Waals surface area (Å²) in [6.07, 6.45) is 6.07. The Morgan fingerprint density at radius 2 is 2.00 bits per heavy atom. The zero-order valence-electron chi connectivity index (χ0n) is 16.6. The van der Waals surface area contributed by atoms with Crippen LogP contribution in [-0.4, -0.2) is 82.9 Å². The first-order valence-electron chi connectivity index (χ1n) is 9.89. The summed E-state index contributed by atoms with van der Waals surface area (Å²) in [5.41, 5.74) is 0.867. The van der Waals surface area contributed by atoms with Gasteiger partial charge in [-0.05, 0) is 26.7 Å². The molecule has 2 amide bonds. The summed E-state index contributed by atoms with van der Waals surface area (Å²) >= 11 is 0. The zero-order valence-corrected chi connectivity index (χ0v) is 16.6. The Labute approximate surface area is 161 Å². The monoisotopic (exact) mass is 377 g/mol. The number of nitrogens with zero attached hydrogens (tertiary/aromatic N) is 5. The van der Waals surface area contributed by atoms with E-state index in [0.717, 1.165) is 38.2 Å². The highest BCUT2D eigenvalue weighted by molar-refractivity contribution is 5.97. The molecule has 2 fully saturated rings. The summed E-state index contributed by atoms with van der Waals surface area (Å²) < 4.78 is 7.20. The van der Waals surface area contributed by atoms with Crippen LogP contribution < -0.4 is 4.90 Å². The maximum absolute atomic E-state index is 13.0. The molecule has 8 nitrogen and oxygen atoms in total. The first-order valence-corrected chi connectivity index (χ1v) is 9.89. The van der Waals surface area contributed by atoms with Gasteiger partial charge in [-0.25, -0.2) is 0 Å². The lowest BCUT2D eigenvalue weighted by Gasteiger charge is -2.42. The van der Waals surface area contributed by atoms with Gasteiger partial charge in [0.05, 0.1) is 37.1 Å². The van der Waals surface area contributed by atoms with Gasteiger partial charge < -0.3 is 14.5 Å². The number of piperidine rings is 1. The molecule has 2 aliphatic heterocycles. The molecule has 0 spiro atoms. The lowest BCUT2D eigenvalue weighted by Crippen LogP contribution is -2.58. The largest absolute Gasteiger partial charge is 0.378 e. The fourth-order valence-electron chi connectivity index (χ4n) is 3.82. The van der Waals surface area contributed by atoms with Crippen molar-refractivity contribution in [2.45, 2.75) is 45.3 Å². The first-order chi connectivity index (χ1) is 13.0. The van der Waals surface area contributed by atoms with Crippen molar-refractivity contribution >= 4 is 17.5 Å². The molecule has 0 aliphatic carbocycles. The van der Waals surface area contributed by atoms with E-state index < -0.39 is 0 Å². The molecule has 0 aromatic carbocycles. The molecule has 0 unspecified atom stereocenters. The van der Waals surface area contributed by atoms with Crippen LogP contribution in [0.25, 0.3) is 0 Å². The predicted octanol–water partition coefficient (Wildman–Crippen LogP) is 0.875. The Morgan fingerprint density at radius 1 is 1.26 bits per heavy atom. The fourth-order valence-corrected chi connectivity index (χ4v) is 3.82. The van der Waals surface area contributed by atoms with Crippen molar-refractivity contribution in [2.24, 2.45) is 7.05 Å². The minimum atomic E-state index is -0.0968. The van der Waals surface area contributed by atoms with E-state index in [1.54, 1.807) is 10.9 Å². The topological polar surface area (TPSA) is 70.9 Å². The van der Waals surface area contributed by atoms with Gasteiger partial charge in [0.15, 0.2) is 0 Å². The number of amides is 2. The normalized spacial score (nSPS) is 21.9. The molecule has 1 aromatic heterocycles. The maximum atomic E-state index is 13.0. The van der Waals surface area contributed by atoms with Crippen molar-refractivity contribution in [3.8, 4) is 0 Å². The number of aryl methyl sites for hydroxylation is 1. The van der Waals surface area contributed by atoms with E-state index in [2.05, 4.69) is 10.00 Å². The van der Waals surface area contributed by atoms with Crippen molar-refractivity contribution in [3.63, 3.8) is 0 Å². The third kappa shape index (κ3) is 4.87. The van der Waals surface area contributed by atoms with Gasteiger partial charge in [-0.2, -0.15) is 5.10 Å². The van der Waals surface area contributed by atoms with Crippen LogP contribution in [0, 0.1) is 0 Å². The van der Waals surface area contributed by atoms with E-state index in [-0.39, 0.29) is 24.0 Å². The molecule has 1 atom stereocenters. The Balaban J connectivity index is 1.51. The Kier molecular flexibility index (Phi) is 6.49. The van der Waals surface area contributed by atoms with Crippen LogP contribution in [0.3, 0.4) is 0 Å². The molecular weight excluding hydrogens is 346 g/mol. The van der Waals surface area contributed by atoms with Gasteiger partial charge in [0.1, 0.15) is 0 Å². The second kappa shape index (κ2) is 8.84. The number of anilines is 1.